The summed E-state index contributed by atoms with van der Waals surface area (Å²) in [7, 11) is 0. The zero-order chi connectivity index (χ0) is 15.8. The maximum atomic E-state index is 12.2. The summed E-state index contributed by atoms with van der Waals surface area (Å²) in [6, 6.07) is 16.5. The van der Waals surface area contributed by atoms with Gasteiger partial charge in [0.05, 0.1) is 6.61 Å². The van der Waals surface area contributed by atoms with E-state index < -0.39 is 5.97 Å². The molecule has 0 aliphatic carbocycles. The van der Waals surface area contributed by atoms with Gasteiger partial charge in [-0.1, -0.05) is 48.2 Å². The Morgan fingerprint density at radius 1 is 0.955 bits per heavy atom. The van der Waals surface area contributed by atoms with E-state index in [2.05, 4.69) is 11.8 Å². The smallest absolute Gasteiger partial charge is 0.313 e. The molecule has 0 saturated carbocycles. The lowest BCUT2D eigenvalue weighted by molar-refractivity contribution is -0.141. The van der Waals surface area contributed by atoms with Crippen molar-refractivity contribution < 1.29 is 14.3 Å². The second-order valence-corrected chi connectivity index (χ2v) is 4.57. The van der Waals surface area contributed by atoms with Gasteiger partial charge in [-0.3, -0.25) is 9.59 Å². The van der Waals surface area contributed by atoms with Crippen LogP contribution in [0.5, 0.6) is 0 Å². The Bertz CT molecular complexity index is 721. The highest BCUT2D eigenvalue weighted by Gasteiger charge is 2.14. The van der Waals surface area contributed by atoms with Crippen molar-refractivity contribution in [2.45, 2.75) is 13.3 Å². The minimum absolute atomic E-state index is 0.265. The van der Waals surface area contributed by atoms with Crippen LogP contribution in [0.25, 0.3) is 0 Å². The maximum absolute atomic E-state index is 12.2. The topological polar surface area (TPSA) is 43.4 Å². The molecule has 0 saturated heterocycles. The van der Waals surface area contributed by atoms with E-state index in [9.17, 15) is 9.59 Å². The molecular formula is C19H16O3. The third-order valence-corrected chi connectivity index (χ3v) is 2.95. The Morgan fingerprint density at radius 2 is 1.64 bits per heavy atom. The van der Waals surface area contributed by atoms with Crippen LogP contribution in [0.15, 0.2) is 54.6 Å². The van der Waals surface area contributed by atoms with Crippen molar-refractivity contribution >= 4 is 11.8 Å². The van der Waals surface area contributed by atoms with Crippen LogP contribution in [0.1, 0.15) is 34.8 Å². The van der Waals surface area contributed by atoms with Crippen LogP contribution >= 0.6 is 0 Å². The van der Waals surface area contributed by atoms with Gasteiger partial charge >= 0.3 is 5.97 Å². The molecule has 2 aromatic carbocycles. The summed E-state index contributed by atoms with van der Waals surface area (Å²) in [5.41, 5.74) is 1.93. The number of carbonyl (C=O) groups excluding carboxylic acids is 2. The Labute approximate surface area is 129 Å². The van der Waals surface area contributed by atoms with E-state index in [0.29, 0.717) is 11.1 Å². The largest absolute Gasteiger partial charge is 0.466 e. The van der Waals surface area contributed by atoms with Gasteiger partial charge in [0.15, 0.2) is 5.78 Å². The van der Waals surface area contributed by atoms with Crippen molar-refractivity contribution in [3.8, 4) is 11.8 Å². The predicted octanol–water partition coefficient (Wildman–Crippen LogP) is 3.22. The summed E-state index contributed by atoms with van der Waals surface area (Å²) >= 11 is 0. The molecule has 0 fully saturated rings. The molecule has 22 heavy (non-hydrogen) atoms. The second-order valence-electron chi connectivity index (χ2n) is 4.57. The molecule has 3 heteroatoms. The lowest BCUT2D eigenvalue weighted by Gasteiger charge is -2.04. The fourth-order valence-electron chi connectivity index (χ4n) is 1.93. The Hall–Kier alpha value is -2.86. The predicted molar refractivity (Wildman–Crippen MR) is 84.4 cm³/mol. The Balaban J connectivity index is 2.22. The zero-order valence-electron chi connectivity index (χ0n) is 12.3. The van der Waals surface area contributed by atoms with Crippen LogP contribution in [0, 0.1) is 11.8 Å². The number of hydrogen-bond donors (Lipinski definition) is 0. The van der Waals surface area contributed by atoms with E-state index in [1.54, 1.807) is 25.1 Å². The van der Waals surface area contributed by atoms with Gasteiger partial charge in [0.2, 0.25) is 0 Å². The molecule has 0 spiro atoms. The van der Waals surface area contributed by atoms with Crippen molar-refractivity contribution in [1.82, 2.24) is 0 Å². The summed E-state index contributed by atoms with van der Waals surface area (Å²) in [5.74, 6) is 5.21. The quantitative estimate of drug-likeness (QED) is 0.376. The highest BCUT2D eigenvalue weighted by atomic mass is 16.5. The average Bonchev–Trinajstić information content (AvgIpc) is 2.54. The van der Waals surface area contributed by atoms with Crippen molar-refractivity contribution in [2.24, 2.45) is 0 Å². The van der Waals surface area contributed by atoms with Gasteiger partial charge in [0.25, 0.3) is 0 Å². The lowest BCUT2D eigenvalue weighted by atomic mass is 10.0. The average molecular weight is 292 g/mol. The molecule has 0 N–H and O–H groups in total. The summed E-state index contributed by atoms with van der Waals surface area (Å²) in [6.07, 6.45) is -0.266. The number of ether oxygens (including phenoxy) is 1. The number of hydrogen-bond acceptors (Lipinski definition) is 3. The molecule has 2 aromatic rings. The zero-order valence-corrected chi connectivity index (χ0v) is 12.3. The molecule has 0 unspecified atom stereocenters. The van der Waals surface area contributed by atoms with Crippen molar-refractivity contribution in [3.05, 3.63) is 71.3 Å². The molecule has 110 valence electrons. The van der Waals surface area contributed by atoms with E-state index in [-0.39, 0.29) is 18.8 Å². The van der Waals surface area contributed by atoms with Crippen molar-refractivity contribution in [2.75, 3.05) is 6.61 Å². The number of esters is 1. The molecule has 0 amide bonds. The van der Waals surface area contributed by atoms with Gasteiger partial charge in [-0.2, -0.15) is 0 Å². The maximum Gasteiger partial charge on any atom is 0.313 e. The molecule has 0 heterocycles. The SMILES string of the molecule is CCOC(=O)CC(=O)c1ccccc1C#Cc1ccccc1. The Kier molecular flexibility index (Phi) is 5.50. The van der Waals surface area contributed by atoms with Gasteiger partial charge in [-0.05, 0) is 25.1 Å². The number of carbonyl (C=O) groups is 2. The summed E-state index contributed by atoms with van der Waals surface area (Å²) < 4.78 is 4.81. The van der Waals surface area contributed by atoms with Gasteiger partial charge in [-0.15, -0.1) is 0 Å². The molecule has 0 bridgehead atoms. The fraction of sp³-hybridized carbons (Fsp3) is 0.158. The number of benzene rings is 2. The highest BCUT2D eigenvalue weighted by molar-refractivity contribution is 6.07. The minimum Gasteiger partial charge on any atom is -0.466 e. The van der Waals surface area contributed by atoms with Gasteiger partial charge in [-0.25, -0.2) is 0 Å². The molecule has 0 radical (unpaired) electrons. The lowest BCUT2D eigenvalue weighted by Crippen LogP contribution is -2.12. The monoisotopic (exact) mass is 292 g/mol. The van der Waals surface area contributed by atoms with Gasteiger partial charge in [0, 0.05) is 16.7 Å². The second kappa shape index (κ2) is 7.80. The van der Waals surface area contributed by atoms with E-state index in [1.807, 2.05) is 36.4 Å². The van der Waals surface area contributed by atoms with Crippen LogP contribution in [0.2, 0.25) is 0 Å². The van der Waals surface area contributed by atoms with Crippen molar-refractivity contribution in [3.63, 3.8) is 0 Å². The van der Waals surface area contributed by atoms with E-state index in [4.69, 9.17) is 4.74 Å². The first-order valence-corrected chi connectivity index (χ1v) is 7.05. The normalized spacial score (nSPS) is 9.50. The van der Waals surface area contributed by atoms with E-state index in [1.165, 1.54) is 0 Å². The standard InChI is InChI=1S/C19H16O3/c1-2-22-19(21)14-18(20)17-11-7-6-10-16(17)13-12-15-8-4-3-5-9-15/h3-11H,2,14H2,1H3. The van der Waals surface area contributed by atoms with Crippen LogP contribution in [-0.2, 0) is 9.53 Å². The Morgan fingerprint density at radius 3 is 2.36 bits per heavy atom. The number of ketones is 1. The number of Topliss-reactive ketones (excluding diaryl/α,β-unsaturated/α-hetero) is 1. The molecule has 0 aliphatic rings. The molecule has 3 nitrogen and oxygen atoms in total. The van der Waals surface area contributed by atoms with E-state index in [0.717, 1.165) is 5.56 Å². The van der Waals surface area contributed by atoms with E-state index >= 15 is 0 Å². The summed E-state index contributed by atoms with van der Waals surface area (Å²) in [5, 5.41) is 0. The molecule has 0 aromatic heterocycles. The third-order valence-electron chi connectivity index (χ3n) is 2.95. The first-order chi connectivity index (χ1) is 10.7. The van der Waals surface area contributed by atoms with Crippen molar-refractivity contribution in [1.29, 1.82) is 0 Å². The minimum atomic E-state index is -0.515. The van der Waals surface area contributed by atoms with Crippen LogP contribution in [0.3, 0.4) is 0 Å². The summed E-state index contributed by atoms with van der Waals surface area (Å²) in [6.45, 7) is 1.98. The van der Waals surface area contributed by atoms with Crippen LogP contribution in [0.4, 0.5) is 0 Å². The highest BCUT2D eigenvalue weighted by Crippen LogP contribution is 2.11. The summed E-state index contributed by atoms with van der Waals surface area (Å²) in [4.78, 5) is 23.6. The number of rotatable bonds is 4. The molecule has 2 rings (SSSR count). The van der Waals surface area contributed by atoms with Gasteiger partial charge < -0.3 is 4.74 Å². The first kappa shape index (κ1) is 15.5. The molecular weight excluding hydrogens is 276 g/mol. The third kappa shape index (κ3) is 4.32. The van der Waals surface area contributed by atoms with Crippen LogP contribution in [-0.4, -0.2) is 18.4 Å². The van der Waals surface area contributed by atoms with Crippen LogP contribution < -0.4 is 0 Å². The fourth-order valence-corrected chi connectivity index (χ4v) is 1.93. The molecule has 0 atom stereocenters. The molecule has 0 aliphatic heterocycles. The first-order valence-electron chi connectivity index (χ1n) is 7.05. The van der Waals surface area contributed by atoms with Gasteiger partial charge in [0.1, 0.15) is 6.42 Å².